The Bertz CT molecular complexity index is 743. The number of halogens is 1. The molecule has 2 atom stereocenters. The Balaban J connectivity index is 0.00000243. The van der Waals surface area contributed by atoms with Gasteiger partial charge < -0.3 is 10.6 Å². The van der Waals surface area contributed by atoms with Crippen LogP contribution in [-0.2, 0) is 14.6 Å². The Hall–Kier alpha value is -1.11. The molecule has 2 fully saturated rings. The molecule has 0 bridgehead atoms. The average molecular weight is 401 g/mol. The number of carbonyl (C=O) groups is 1. The van der Waals surface area contributed by atoms with Crippen molar-refractivity contribution in [3.8, 4) is 0 Å². The minimum absolute atomic E-state index is 0. The van der Waals surface area contributed by atoms with Gasteiger partial charge in [0.15, 0.2) is 14.6 Å². The largest absolute Gasteiger partial charge is 0.338 e. The second-order valence-electron chi connectivity index (χ2n) is 7.66. The maximum atomic E-state index is 13.5. The maximum Gasteiger partial charge on any atom is 0.244 e. The Morgan fingerprint density at radius 2 is 1.81 bits per heavy atom. The maximum absolute atomic E-state index is 13.5. The minimum Gasteiger partial charge on any atom is -0.338 e. The predicted molar refractivity (Wildman–Crippen MR) is 105 cm³/mol. The van der Waals surface area contributed by atoms with E-state index in [-0.39, 0.29) is 35.2 Å². The molecule has 2 unspecified atom stereocenters. The number of sulfone groups is 1. The van der Waals surface area contributed by atoms with E-state index in [1.54, 1.807) is 29.2 Å². The van der Waals surface area contributed by atoms with Crippen LogP contribution in [0.5, 0.6) is 0 Å². The molecule has 7 heteroatoms. The third kappa shape index (κ3) is 3.39. The molecule has 0 spiro atoms. The lowest BCUT2D eigenvalue weighted by Gasteiger charge is -2.34. The van der Waals surface area contributed by atoms with Crippen molar-refractivity contribution in [1.82, 2.24) is 4.90 Å². The second-order valence-corrected chi connectivity index (χ2v) is 9.92. The number of rotatable bonds is 4. The van der Waals surface area contributed by atoms with Gasteiger partial charge >= 0.3 is 0 Å². The average Bonchev–Trinajstić information content (AvgIpc) is 3.22. The van der Waals surface area contributed by atoms with Gasteiger partial charge in [0.05, 0.1) is 4.90 Å². The van der Waals surface area contributed by atoms with E-state index in [9.17, 15) is 13.2 Å². The quantitative estimate of drug-likeness (QED) is 0.842. The van der Waals surface area contributed by atoms with Crippen molar-refractivity contribution >= 4 is 28.2 Å². The van der Waals surface area contributed by atoms with Gasteiger partial charge in [-0.2, -0.15) is 0 Å². The molecule has 0 radical (unpaired) electrons. The molecule has 2 N–H and O–H groups in total. The summed E-state index contributed by atoms with van der Waals surface area (Å²) in [6.45, 7) is 5.02. The number of benzene rings is 1. The molecule has 1 aromatic carbocycles. The molecule has 1 aliphatic carbocycles. The van der Waals surface area contributed by atoms with Crippen LogP contribution in [0.1, 0.15) is 44.6 Å². The normalized spacial score (nSPS) is 25.1. The van der Waals surface area contributed by atoms with Gasteiger partial charge in [0.1, 0.15) is 0 Å². The highest BCUT2D eigenvalue weighted by atomic mass is 35.5. The summed E-state index contributed by atoms with van der Waals surface area (Å²) in [4.78, 5) is 15.5. The van der Waals surface area contributed by atoms with Crippen LogP contribution in [0.25, 0.3) is 0 Å². The van der Waals surface area contributed by atoms with E-state index in [0.29, 0.717) is 25.9 Å². The zero-order valence-corrected chi connectivity index (χ0v) is 17.1. The van der Waals surface area contributed by atoms with E-state index in [2.05, 4.69) is 0 Å². The van der Waals surface area contributed by atoms with Crippen molar-refractivity contribution in [1.29, 1.82) is 0 Å². The van der Waals surface area contributed by atoms with Crippen LogP contribution < -0.4 is 5.73 Å². The molecule has 1 amide bonds. The lowest BCUT2D eigenvalue weighted by Crippen LogP contribution is -2.53. The number of amides is 1. The summed E-state index contributed by atoms with van der Waals surface area (Å²) in [7, 11) is -3.72. The first kappa shape index (κ1) is 21.2. The number of carbonyl (C=O) groups excluding carboxylic acids is 1. The standard InChI is InChI=1S/C19H28N2O3S.ClH/c1-14-5-7-17(8-6-14)25(23,24)19(9-3-4-10-19)18(22)21-13-16(12-20)11-15(21)2;/h5-8,15-16H,3-4,9-13,20H2,1-2H3;1H. The molecule has 146 valence electrons. The fourth-order valence-electron chi connectivity index (χ4n) is 4.34. The smallest absolute Gasteiger partial charge is 0.244 e. The first-order valence-corrected chi connectivity index (χ1v) is 10.6. The predicted octanol–water partition coefficient (Wildman–Crippen LogP) is 2.70. The van der Waals surface area contributed by atoms with E-state index >= 15 is 0 Å². The van der Waals surface area contributed by atoms with E-state index in [1.165, 1.54) is 0 Å². The SMILES string of the molecule is Cc1ccc(S(=O)(=O)C2(C(=O)N3CC(CN)CC3C)CCCC2)cc1.Cl. The summed E-state index contributed by atoms with van der Waals surface area (Å²) in [5, 5.41) is 0. The van der Waals surface area contributed by atoms with Crippen molar-refractivity contribution in [3.63, 3.8) is 0 Å². The van der Waals surface area contributed by atoms with Gasteiger partial charge in [0, 0.05) is 12.6 Å². The van der Waals surface area contributed by atoms with Crippen LogP contribution in [0.3, 0.4) is 0 Å². The fraction of sp³-hybridized carbons (Fsp3) is 0.632. The Morgan fingerprint density at radius 3 is 2.31 bits per heavy atom. The Labute approximate surface area is 162 Å². The fourth-order valence-corrected chi connectivity index (χ4v) is 6.46. The van der Waals surface area contributed by atoms with Crippen LogP contribution in [0, 0.1) is 12.8 Å². The lowest BCUT2D eigenvalue weighted by atomic mass is 10.0. The number of nitrogens with two attached hydrogens (primary N) is 1. The summed E-state index contributed by atoms with van der Waals surface area (Å²) >= 11 is 0. The van der Waals surface area contributed by atoms with Gasteiger partial charge in [-0.3, -0.25) is 4.79 Å². The zero-order chi connectivity index (χ0) is 18.2. The van der Waals surface area contributed by atoms with Crippen LogP contribution in [0.2, 0.25) is 0 Å². The summed E-state index contributed by atoms with van der Waals surface area (Å²) in [5.41, 5.74) is 6.78. The Morgan fingerprint density at radius 1 is 1.23 bits per heavy atom. The van der Waals surface area contributed by atoms with E-state index < -0.39 is 14.6 Å². The highest BCUT2D eigenvalue weighted by Gasteiger charge is 2.55. The van der Waals surface area contributed by atoms with Crippen LogP contribution >= 0.6 is 12.4 Å². The van der Waals surface area contributed by atoms with Gasteiger partial charge in [-0.25, -0.2) is 8.42 Å². The molecule has 3 rings (SSSR count). The molecule has 1 saturated heterocycles. The van der Waals surface area contributed by atoms with Gasteiger partial charge in [0.25, 0.3) is 0 Å². The Kier molecular flexibility index (Phi) is 6.41. The van der Waals surface area contributed by atoms with Gasteiger partial charge in [-0.15, -0.1) is 12.4 Å². The topological polar surface area (TPSA) is 80.5 Å². The summed E-state index contributed by atoms with van der Waals surface area (Å²) in [6.07, 6.45) is 3.23. The number of aryl methyl sites for hydroxylation is 1. The zero-order valence-electron chi connectivity index (χ0n) is 15.5. The monoisotopic (exact) mass is 400 g/mol. The van der Waals surface area contributed by atoms with Gasteiger partial charge in [0.2, 0.25) is 5.91 Å². The number of likely N-dealkylation sites (tertiary alicyclic amines) is 1. The van der Waals surface area contributed by atoms with Crippen LogP contribution in [-0.4, -0.2) is 43.1 Å². The first-order valence-electron chi connectivity index (χ1n) is 9.14. The third-order valence-electron chi connectivity index (χ3n) is 5.90. The molecule has 2 aliphatic rings. The summed E-state index contributed by atoms with van der Waals surface area (Å²) in [6, 6.07) is 6.90. The summed E-state index contributed by atoms with van der Waals surface area (Å²) in [5.74, 6) is 0.0495. The lowest BCUT2D eigenvalue weighted by molar-refractivity contribution is -0.134. The second kappa shape index (κ2) is 7.87. The van der Waals surface area contributed by atoms with Crippen molar-refractivity contribution in [2.75, 3.05) is 13.1 Å². The minimum atomic E-state index is -3.72. The molecule has 5 nitrogen and oxygen atoms in total. The molecule has 26 heavy (non-hydrogen) atoms. The molecule has 1 saturated carbocycles. The van der Waals surface area contributed by atoms with E-state index in [4.69, 9.17) is 5.73 Å². The number of hydrogen-bond donors (Lipinski definition) is 1. The highest BCUT2D eigenvalue weighted by molar-refractivity contribution is 7.93. The van der Waals surface area contributed by atoms with Crippen LogP contribution in [0.15, 0.2) is 29.2 Å². The first-order chi connectivity index (χ1) is 11.8. The molecular weight excluding hydrogens is 372 g/mol. The van der Waals surface area contributed by atoms with E-state index in [1.807, 2.05) is 13.8 Å². The number of hydrogen-bond acceptors (Lipinski definition) is 4. The van der Waals surface area contributed by atoms with Gasteiger partial charge in [-0.05, 0) is 57.7 Å². The van der Waals surface area contributed by atoms with Crippen molar-refractivity contribution in [2.24, 2.45) is 11.7 Å². The molecule has 1 heterocycles. The molecular formula is C19H29ClN2O3S. The summed E-state index contributed by atoms with van der Waals surface area (Å²) < 4.78 is 25.6. The van der Waals surface area contributed by atoms with Crippen molar-refractivity contribution < 1.29 is 13.2 Å². The van der Waals surface area contributed by atoms with Crippen molar-refractivity contribution in [3.05, 3.63) is 29.8 Å². The molecule has 0 aromatic heterocycles. The highest BCUT2D eigenvalue weighted by Crippen LogP contribution is 2.43. The van der Waals surface area contributed by atoms with Crippen molar-refractivity contribution in [2.45, 2.75) is 61.6 Å². The number of nitrogens with zero attached hydrogens (tertiary/aromatic N) is 1. The third-order valence-corrected chi connectivity index (χ3v) is 8.41. The molecule has 1 aromatic rings. The van der Waals surface area contributed by atoms with Gasteiger partial charge in [-0.1, -0.05) is 30.5 Å². The molecule has 1 aliphatic heterocycles. The van der Waals surface area contributed by atoms with Crippen LogP contribution in [0.4, 0.5) is 0 Å². The van der Waals surface area contributed by atoms with E-state index in [0.717, 1.165) is 24.8 Å².